The molecule has 0 fully saturated rings. The van der Waals surface area contributed by atoms with Crippen molar-refractivity contribution in [2.75, 3.05) is 11.9 Å². The smallest absolute Gasteiger partial charge is 0.387 e. The Labute approximate surface area is 268 Å². The van der Waals surface area contributed by atoms with E-state index in [1.165, 1.54) is 16.9 Å². The van der Waals surface area contributed by atoms with Crippen LogP contribution in [0.1, 0.15) is 56.1 Å². The van der Waals surface area contributed by atoms with E-state index in [2.05, 4.69) is 74.8 Å². The van der Waals surface area contributed by atoms with Gasteiger partial charge in [-0.05, 0) is 46.4 Å². The standard InChI is InChI=1S/C31H42F2N6O3SSi2/c1-19(2)45(20(3)4)21(5)22-14-26(42-31(32)33)23(15-27(22)43-45)28-25(17-36-39(28)18-41-12-13-44(6,7)8)37-30(40)24-16-35-38-11-9-10-34-29(24)38/h9-11,14-17,19-21,31H,12-13,18H2,1-8H3,(H,37,40). The zero-order valence-electron chi connectivity index (χ0n) is 27.1. The number of aromatic nitrogens is 5. The topological polar surface area (TPSA) is 95.6 Å². The molecule has 4 heterocycles. The van der Waals surface area contributed by atoms with Crippen LogP contribution in [-0.4, -0.2) is 58.8 Å². The minimum Gasteiger partial charge on any atom is -0.434 e. The number of halogens is 2. The summed E-state index contributed by atoms with van der Waals surface area (Å²) in [5.41, 5.74) is 4.07. The van der Waals surface area contributed by atoms with Gasteiger partial charge >= 0.3 is 6.61 Å². The summed E-state index contributed by atoms with van der Waals surface area (Å²) in [7, 11) is -3.33. The molecule has 1 atom stereocenters. The Morgan fingerprint density at radius 2 is 1.87 bits per heavy atom. The van der Waals surface area contributed by atoms with Crippen molar-refractivity contribution in [1.82, 2.24) is 24.4 Å². The molecule has 0 bridgehead atoms. The number of ether oxygens (including phenoxy) is 2. The molecule has 9 nitrogen and oxygen atoms in total. The Morgan fingerprint density at radius 1 is 1.13 bits per heavy atom. The normalized spacial score (nSPS) is 16.2. The number of benzene rings is 1. The zero-order chi connectivity index (χ0) is 32.7. The molecule has 242 valence electrons. The molecule has 1 aromatic carbocycles. The van der Waals surface area contributed by atoms with Crippen molar-refractivity contribution >= 4 is 43.8 Å². The molecule has 0 aliphatic carbocycles. The van der Waals surface area contributed by atoms with Gasteiger partial charge < -0.3 is 14.8 Å². The number of nitrogens with zero attached hydrogens (tertiary/aromatic N) is 5. The first-order valence-electron chi connectivity index (χ1n) is 15.3. The van der Waals surface area contributed by atoms with Crippen molar-refractivity contribution < 1.29 is 23.0 Å². The van der Waals surface area contributed by atoms with Crippen molar-refractivity contribution in [3.63, 3.8) is 0 Å². The second kappa shape index (κ2) is 13.0. The Hall–Kier alpha value is -3.08. The molecule has 14 heteroatoms. The van der Waals surface area contributed by atoms with Gasteiger partial charge in [0.2, 0.25) is 0 Å². The number of hydrogen-bond donors (Lipinski definition) is 1. The van der Waals surface area contributed by atoms with Crippen LogP contribution in [0, 0.1) is 0 Å². The maximum Gasteiger partial charge on any atom is 0.387 e. The fraction of sp³-hybridized carbons (Fsp3) is 0.484. The van der Waals surface area contributed by atoms with Gasteiger partial charge in [0.05, 0.1) is 23.8 Å². The van der Waals surface area contributed by atoms with E-state index in [1.807, 2.05) is 17.3 Å². The van der Waals surface area contributed by atoms with E-state index in [0.29, 0.717) is 40.3 Å². The van der Waals surface area contributed by atoms with Crippen molar-refractivity contribution in [2.45, 2.75) is 95.2 Å². The van der Waals surface area contributed by atoms with Gasteiger partial charge in [0.15, 0.2) is 5.65 Å². The Kier molecular flexibility index (Phi) is 9.59. The average molecular weight is 673 g/mol. The minimum absolute atomic E-state index is 0.0468. The molecule has 0 spiro atoms. The van der Waals surface area contributed by atoms with Gasteiger partial charge in [-0.25, -0.2) is 14.2 Å². The van der Waals surface area contributed by atoms with Crippen LogP contribution >= 0.6 is 11.2 Å². The van der Waals surface area contributed by atoms with Crippen LogP contribution < -0.4 is 10.1 Å². The van der Waals surface area contributed by atoms with Crippen LogP contribution in [-0.2, 0) is 11.5 Å². The van der Waals surface area contributed by atoms with Crippen molar-refractivity contribution in [3.05, 3.63) is 54.1 Å². The fourth-order valence-electron chi connectivity index (χ4n) is 6.37. The van der Waals surface area contributed by atoms with Gasteiger partial charge in [-0.3, -0.25) is 4.79 Å². The lowest BCUT2D eigenvalue weighted by Gasteiger charge is -2.38. The molecular formula is C31H42F2N6O3SSi2. The summed E-state index contributed by atoms with van der Waals surface area (Å²) in [6.07, 6.45) is 6.26. The summed E-state index contributed by atoms with van der Waals surface area (Å²) in [5, 5.41) is 11.7. The van der Waals surface area contributed by atoms with Gasteiger partial charge in [0, 0.05) is 37.5 Å². The first-order valence-corrected chi connectivity index (χ1v) is 22.8. The highest BCUT2D eigenvalue weighted by Gasteiger charge is 2.52. The van der Waals surface area contributed by atoms with Crippen LogP contribution in [0.15, 0.2) is 47.9 Å². The Morgan fingerprint density at radius 3 is 2.53 bits per heavy atom. The second-order valence-corrected chi connectivity index (χ2v) is 27.3. The van der Waals surface area contributed by atoms with Crippen LogP contribution in [0.2, 0.25) is 36.8 Å². The molecule has 5 rings (SSSR count). The van der Waals surface area contributed by atoms with Gasteiger partial charge in [0.25, 0.3) is 5.91 Å². The molecule has 0 saturated carbocycles. The Balaban J connectivity index is 1.60. The van der Waals surface area contributed by atoms with Crippen LogP contribution in [0.25, 0.3) is 16.9 Å². The van der Waals surface area contributed by atoms with Gasteiger partial charge in [-0.15, -0.1) is 11.2 Å². The first-order chi connectivity index (χ1) is 21.2. The van der Waals surface area contributed by atoms with Gasteiger partial charge in [-0.2, -0.15) is 19.0 Å². The first kappa shape index (κ1) is 33.3. The summed E-state index contributed by atoms with van der Waals surface area (Å²) in [5.74, 6) is -0.402. The third-order valence-electron chi connectivity index (χ3n) is 8.64. The molecule has 1 aliphatic heterocycles. The number of hydrogen-bond acceptors (Lipinski definition) is 7. The van der Waals surface area contributed by atoms with Crippen molar-refractivity contribution in [2.24, 2.45) is 0 Å². The number of fused-ring (bicyclic) bond motifs is 2. The number of rotatable bonds is 12. The predicted molar refractivity (Wildman–Crippen MR) is 180 cm³/mol. The third-order valence-corrected chi connectivity index (χ3v) is 22.2. The number of anilines is 1. The highest BCUT2D eigenvalue weighted by Crippen LogP contribution is 2.61. The number of carbonyl (C=O) groups is 1. The zero-order valence-corrected chi connectivity index (χ0v) is 29.9. The number of alkyl halides is 2. The lowest BCUT2D eigenvalue weighted by atomic mass is 10.0. The third kappa shape index (κ3) is 6.60. The number of amides is 1. The second-order valence-electron chi connectivity index (χ2n) is 13.4. The predicted octanol–water partition coefficient (Wildman–Crippen LogP) is 8.27. The summed E-state index contributed by atoms with van der Waals surface area (Å²) < 4.78 is 42.3. The monoisotopic (exact) mass is 672 g/mol. The molecule has 0 radical (unpaired) electrons. The molecular weight excluding hydrogens is 631 g/mol. The van der Waals surface area contributed by atoms with E-state index in [0.717, 1.165) is 16.5 Å². The lowest BCUT2D eigenvalue weighted by molar-refractivity contribution is -0.0495. The van der Waals surface area contributed by atoms with Crippen molar-refractivity contribution in [1.29, 1.82) is 0 Å². The fourth-order valence-corrected chi connectivity index (χ4v) is 16.8. The van der Waals surface area contributed by atoms with Crippen LogP contribution in [0.4, 0.5) is 14.5 Å². The van der Waals surface area contributed by atoms with E-state index in [9.17, 15) is 13.6 Å². The highest BCUT2D eigenvalue weighted by molar-refractivity contribution is 8.29. The van der Waals surface area contributed by atoms with Gasteiger partial charge in [0.1, 0.15) is 25.3 Å². The molecule has 45 heavy (non-hydrogen) atoms. The highest BCUT2D eigenvalue weighted by atomic mass is 32.4. The number of carbonyl (C=O) groups excluding carboxylic acids is 1. The van der Waals surface area contributed by atoms with E-state index in [1.54, 1.807) is 29.2 Å². The van der Waals surface area contributed by atoms with E-state index in [4.69, 9.17) is 9.47 Å². The molecule has 1 N–H and O–H groups in total. The minimum atomic E-state index is -3.03. The van der Waals surface area contributed by atoms with Crippen molar-refractivity contribution in [3.8, 4) is 17.0 Å². The lowest BCUT2D eigenvalue weighted by Crippen LogP contribution is -2.40. The Bertz CT molecular complexity index is 1680. The average Bonchev–Trinajstić information content (AvgIpc) is 3.64. The van der Waals surface area contributed by atoms with Crippen LogP contribution in [0.5, 0.6) is 5.75 Å². The largest absolute Gasteiger partial charge is 0.434 e. The molecule has 1 amide bonds. The van der Waals surface area contributed by atoms with E-state index >= 15 is 0 Å². The van der Waals surface area contributed by atoms with Crippen LogP contribution in [0.3, 0.4) is 0 Å². The molecule has 1 unspecified atom stereocenters. The molecule has 3 aromatic heterocycles. The summed E-state index contributed by atoms with van der Waals surface area (Å²) in [6.45, 7) is 15.7. The quantitative estimate of drug-likeness (QED) is 0.120. The molecule has 0 saturated heterocycles. The summed E-state index contributed by atoms with van der Waals surface area (Å²) in [6, 6.07) is 6.40. The molecule has 4 aromatic rings. The van der Waals surface area contributed by atoms with E-state index in [-0.39, 0.29) is 23.6 Å². The summed E-state index contributed by atoms with van der Waals surface area (Å²) >= 11 is 1.93. The maximum absolute atomic E-state index is 14.0. The SMILES string of the molecule is CC(C)[Si]1(C(C)C)Sc2cc(-c3c(NC(=O)c4cnn5cccnc45)cnn3COCC[Si](C)(C)C)c(OC(F)F)cc2C1C. The van der Waals surface area contributed by atoms with E-state index < -0.39 is 27.8 Å². The van der Waals surface area contributed by atoms with Gasteiger partial charge in [-0.1, -0.05) is 54.3 Å². The molecule has 1 aliphatic rings. The summed E-state index contributed by atoms with van der Waals surface area (Å²) in [4.78, 5) is 18.9. The number of nitrogens with one attached hydrogen (secondary N) is 1. The maximum atomic E-state index is 14.0.